The van der Waals surface area contributed by atoms with Crippen molar-refractivity contribution in [2.45, 2.75) is 50.1 Å². The summed E-state index contributed by atoms with van der Waals surface area (Å²) >= 11 is 3.80. The van der Waals surface area contributed by atoms with Crippen LogP contribution in [0.5, 0.6) is 0 Å². The average Bonchev–Trinajstić information content (AvgIpc) is 2.83. The number of amides is 2. The van der Waals surface area contributed by atoms with Gasteiger partial charge in [0.15, 0.2) is 0 Å². The van der Waals surface area contributed by atoms with E-state index in [9.17, 15) is 14.4 Å². The van der Waals surface area contributed by atoms with E-state index in [0.29, 0.717) is 5.69 Å². The van der Waals surface area contributed by atoms with Crippen LogP contribution in [0.4, 0.5) is 10.5 Å². The van der Waals surface area contributed by atoms with Crippen LogP contribution in [-0.2, 0) is 19.1 Å². The number of halogens is 1. The molecule has 0 saturated heterocycles. The van der Waals surface area contributed by atoms with Gasteiger partial charge < -0.3 is 14.8 Å². The number of esters is 1. The summed E-state index contributed by atoms with van der Waals surface area (Å²) in [7, 11) is 0. The number of nitrogens with one attached hydrogen (secondary N) is 1. The molecule has 3 rings (SSSR count). The van der Waals surface area contributed by atoms with Crippen LogP contribution in [0.15, 0.2) is 54.6 Å². The van der Waals surface area contributed by atoms with Gasteiger partial charge in [-0.3, -0.25) is 14.5 Å². The Kier molecular flexibility index (Phi) is 7.79. The van der Waals surface area contributed by atoms with Crippen molar-refractivity contribution < 1.29 is 23.9 Å². The first kappa shape index (κ1) is 24.8. The summed E-state index contributed by atoms with van der Waals surface area (Å²) in [4.78, 5) is 40.1. The van der Waals surface area contributed by atoms with Crippen LogP contribution in [0, 0.1) is 0 Å². The van der Waals surface area contributed by atoms with E-state index >= 15 is 0 Å². The van der Waals surface area contributed by atoms with Gasteiger partial charge in [0.25, 0.3) is 5.91 Å². The standard InChI is InChI=1S/C25H29BrN2O5/c1-5-32-19(29)15-28-18-14-10-9-13-17(18)21(26)20(16-11-7-6-8-12-16)22(23(28)30)27-24(31)33-25(2,3)4/h6-14,20-22H,5,15H2,1-4H3,(H,27,31). The lowest BCUT2D eigenvalue weighted by molar-refractivity contribution is -0.142. The third-order valence-corrected chi connectivity index (χ3v) is 6.24. The molecule has 0 fully saturated rings. The SMILES string of the molecule is CCOC(=O)CN1C(=O)C(NC(=O)OC(C)(C)C)C(c2ccccc2)C(Br)c2ccccc21. The monoisotopic (exact) mass is 516 g/mol. The van der Waals surface area contributed by atoms with E-state index in [4.69, 9.17) is 9.47 Å². The van der Waals surface area contributed by atoms with Crippen LogP contribution < -0.4 is 10.2 Å². The molecule has 0 saturated carbocycles. The normalized spacial score (nSPS) is 20.5. The lowest BCUT2D eigenvalue weighted by Crippen LogP contribution is -2.53. The zero-order chi connectivity index (χ0) is 24.2. The maximum atomic E-state index is 13.9. The predicted molar refractivity (Wildman–Crippen MR) is 129 cm³/mol. The number of alkyl carbamates (subject to hydrolysis) is 1. The molecule has 33 heavy (non-hydrogen) atoms. The minimum Gasteiger partial charge on any atom is -0.465 e. The van der Waals surface area contributed by atoms with Crippen molar-refractivity contribution in [3.05, 3.63) is 65.7 Å². The first-order chi connectivity index (χ1) is 15.6. The number of hydrogen-bond acceptors (Lipinski definition) is 5. The second kappa shape index (κ2) is 10.4. The zero-order valence-electron chi connectivity index (χ0n) is 19.2. The molecule has 3 unspecified atom stereocenters. The molecule has 2 aromatic rings. The number of carbonyl (C=O) groups is 3. The van der Waals surface area contributed by atoms with Gasteiger partial charge >= 0.3 is 12.1 Å². The molecule has 0 aliphatic carbocycles. The van der Waals surface area contributed by atoms with Gasteiger partial charge in [-0.2, -0.15) is 0 Å². The number of carbonyl (C=O) groups excluding carboxylic acids is 3. The van der Waals surface area contributed by atoms with Gasteiger partial charge in [-0.1, -0.05) is 64.5 Å². The molecule has 0 spiro atoms. The van der Waals surface area contributed by atoms with E-state index < -0.39 is 35.5 Å². The van der Waals surface area contributed by atoms with Crippen LogP contribution in [0.2, 0.25) is 0 Å². The van der Waals surface area contributed by atoms with Gasteiger partial charge in [0, 0.05) is 11.6 Å². The topological polar surface area (TPSA) is 84.9 Å². The number of alkyl halides is 1. The second-order valence-electron chi connectivity index (χ2n) is 8.75. The Labute approximate surface area is 202 Å². The summed E-state index contributed by atoms with van der Waals surface area (Å²) < 4.78 is 10.6. The fraction of sp³-hybridized carbons (Fsp3) is 0.400. The number of anilines is 1. The van der Waals surface area contributed by atoms with Crippen molar-refractivity contribution in [3.8, 4) is 0 Å². The molecule has 1 heterocycles. The van der Waals surface area contributed by atoms with Crippen LogP contribution in [0.25, 0.3) is 0 Å². The minimum atomic E-state index is -0.992. The molecule has 2 aromatic carbocycles. The van der Waals surface area contributed by atoms with Gasteiger partial charge in [-0.15, -0.1) is 0 Å². The number of benzene rings is 2. The van der Waals surface area contributed by atoms with Gasteiger partial charge in [0.1, 0.15) is 18.2 Å². The van der Waals surface area contributed by atoms with Crippen LogP contribution in [-0.4, -0.2) is 42.8 Å². The molecule has 7 nitrogen and oxygen atoms in total. The van der Waals surface area contributed by atoms with Gasteiger partial charge in [0.05, 0.1) is 11.4 Å². The summed E-state index contributed by atoms with van der Waals surface area (Å²) in [6, 6.07) is 15.9. The molecule has 2 amide bonds. The van der Waals surface area contributed by atoms with Gasteiger partial charge in [-0.25, -0.2) is 4.79 Å². The summed E-state index contributed by atoms with van der Waals surface area (Å²) in [5.41, 5.74) is 1.55. The lowest BCUT2D eigenvalue weighted by Gasteiger charge is -2.31. The maximum absolute atomic E-state index is 13.9. The van der Waals surface area contributed by atoms with Crippen molar-refractivity contribution >= 4 is 39.6 Å². The van der Waals surface area contributed by atoms with Crippen molar-refractivity contribution in [1.82, 2.24) is 5.32 Å². The fourth-order valence-corrected chi connectivity index (χ4v) is 4.89. The highest BCUT2D eigenvalue weighted by Crippen LogP contribution is 2.47. The van der Waals surface area contributed by atoms with Crippen molar-refractivity contribution in [1.29, 1.82) is 0 Å². The molecule has 0 aromatic heterocycles. The first-order valence-corrected chi connectivity index (χ1v) is 11.8. The number of ether oxygens (including phenoxy) is 2. The summed E-state index contributed by atoms with van der Waals surface area (Å²) in [5.74, 6) is -1.40. The third kappa shape index (κ3) is 5.93. The largest absolute Gasteiger partial charge is 0.465 e. The molecular weight excluding hydrogens is 488 g/mol. The number of nitrogens with zero attached hydrogens (tertiary/aromatic N) is 1. The highest BCUT2D eigenvalue weighted by atomic mass is 79.9. The van der Waals surface area contributed by atoms with E-state index in [1.807, 2.05) is 48.5 Å². The van der Waals surface area contributed by atoms with Crippen molar-refractivity contribution in [2.24, 2.45) is 0 Å². The molecule has 8 heteroatoms. The number of hydrogen-bond donors (Lipinski definition) is 1. The Bertz CT molecular complexity index is 1010. The number of fused-ring (bicyclic) bond motifs is 1. The van der Waals surface area contributed by atoms with Crippen LogP contribution >= 0.6 is 15.9 Å². The Balaban J connectivity index is 2.11. The van der Waals surface area contributed by atoms with Crippen molar-refractivity contribution in [2.75, 3.05) is 18.1 Å². The number of para-hydroxylation sites is 1. The molecule has 1 aliphatic heterocycles. The Morgan fingerprint density at radius 3 is 2.33 bits per heavy atom. The van der Waals surface area contributed by atoms with Gasteiger partial charge in [0.2, 0.25) is 0 Å². The lowest BCUT2D eigenvalue weighted by atomic mass is 9.86. The predicted octanol–water partition coefficient (Wildman–Crippen LogP) is 4.71. The average molecular weight is 517 g/mol. The molecule has 1 N–H and O–H groups in total. The van der Waals surface area contributed by atoms with Crippen LogP contribution in [0.3, 0.4) is 0 Å². The molecule has 176 valence electrons. The van der Waals surface area contributed by atoms with Crippen LogP contribution in [0.1, 0.15) is 49.6 Å². The molecule has 3 atom stereocenters. The van der Waals surface area contributed by atoms with Gasteiger partial charge in [-0.05, 0) is 44.9 Å². The molecule has 0 bridgehead atoms. The first-order valence-electron chi connectivity index (χ1n) is 10.9. The minimum absolute atomic E-state index is 0.204. The summed E-state index contributed by atoms with van der Waals surface area (Å²) in [6.45, 7) is 6.92. The number of rotatable bonds is 5. The fourth-order valence-electron chi connectivity index (χ4n) is 3.89. The van der Waals surface area contributed by atoms with E-state index in [1.165, 1.54) is 4.90 Å². The maximum Gasteiger partial charge on any atom is 0.408 e. The van der Waals surface area contributed by atoms with E-state index in [-0.39, 0.29) is 18.0 Å². The summed E-state index contributed by atoms with van der Waals surface area (Å²) in [5, 5.41) is 2.78. The highest BCUT2D eigenvalue weighted by molar-refractivity contribution is 9.09. The molecular formula is C25H29BrN2O5. The Hall–Kier alpha value is -2.87. The zero-order valence-corrected chi connectivity index (χ0v) is 20.8. The van der Waals surface area contributed by atoms with E-state index in [1.54, 1.807) is 33.8 Å². The Morgan fingerprint density at radius 1 is 1.06 bits per heavy atom. The second-order valence-corrected chi connectivity index (χ2v) is 9.74. The van der Waals surface area contributed by atoms with E-state index in [0.717, 1.165) is 11.1 Å². The smallest absolute Gasteiger partial charge is 0.408 e. The Morgan fingerprint density at radius 2 is 1.70 bits per heavy atom. The highest BCUT2D eigenvalue weighted by Gasteiger charge is 2.44. The molecule has 1 aliphatic rings. The third-order valence-electron chi connectivity index (χ3n) is 5.18. The van der Waals surface area contributed by atoms with Crippen molar-refractivity contribution in [3.63, 3.8) is 0 Å². The summed E-state index contributed by atoms with van der Waals surface area (Å²) in [6.07, 6.45) is -0.705. The molecule has 0 radical (unpaired) electrons. The van der Waals surface area contributed by atoms with E-state index in [2.05, 4.69) is 21.2 Å². The quantitative estimate of drug-likeness (QED) is 0.459.